The molecular weight excluding hydrogens is 286 g/mol. The monoisotopic (exact) mass is 303 g/mol. The molecule has 0 aliphatic carbocycles. The standard InChI is InChI=1S/C15H17N3O2S/c1-11-9-14(20)18(10-13(16)19)15(17-11)21-8-7-12-5-3-2-4-6-12/h2-6,9H,7-8,10H2,1H3,(H2,16,19). The van der Waals surface area contributed by atoms with E-state index >= 15 is 0 Å². The van der Waals surface area contributed by atoms with E-state index in [2.05, 4.69) is 17.1 Å². The summed E-state index contributed by atoms with van der Waals surface area (Å²) in [5.41, 5.74) is 6.80. The topological polar surface area (TPSA) is 78.0 Å². The van der Waals surface area contributed by atoms with Crippen LogP contribution in [0.2, 0.25) is 0 Å². The SMILES string of the molecule is Cc1cc(=O)n(CC(N)=O)c(SCCc2ccccc2)n1. The molecule has 0 saturated heterocycles. The zero-order valence-corrected chi connectivity index (χ0v) is 12.6. The van der Waals surface area contributed by atoms with Crippen molar-refractivity contribution in [2.75, 3.05) is 5.75 Å². The summed E-state index contributed by atoms with van der Waals surface area (Å²) in [5.74, 6) is 0.228. The van der Waals surface area contributed by atoms with E-state index in [-0.39, 0.29) is 12.1 Å². The van der Waals surface area contributed by atoms with Crippen LogP contribution in [0.4, 0.5) is 0 Å². The van der Waals surface area contributed by atoms with E-state index in [1.165, 1.54) is 28.0 Å². The third kappa shape index (κ3) is 4.46. The fraction of sp³-hybridized carbons (Fsp3) is 0.267. The lowest BCUT2D eigenvalue weighted by atomic mass is 10.2. The third-order valence-corrected chi connectivity index (χ3v) is 3.86. The lowest BCUT2D eigenvalue weighted by Crippen LogP contribution is -2.30. The molecule has 1 amide bonds. The number of hydrogen-bond acceptors (Lipinski definition) is 4. The molecular formula is C15H17N3O2S. The maximum atomic E-state index is 11.9. The van der Waals surface area contributed by atoms with Gasteiger partial charge in [-0.25, -0.2) is 4.98 Å². The molecule has 0 aliphatic rings. The van der Waals surface area contributed by atoms with Gasteiger partial charge in [0.25, 0.3) is 5.56 Å². The molecule has 0 spiro atoms. The zero-order valence-electron chi connectivity index (χ0n) is 11.8. The number of rotatable bonds is 6. The summed E-state index contributed by atoms with van der Waals surface area (Å²) in [6.07, 6.45) is 0.867. The van der Waals surface area contributed by atoms with Gasteiger partial charge in [-0.15, -0.1) is 0 Å². The molecule has 2 N–H and O–H groups in total. The number of nitrogens with zero attached hydrogens (tertiary/aromatic N) is 2. The highest BCUT2D eigenvalue weighted by molar-refractivity contribution is 7.99. The fourth-order valence-corrected chi connectivity index (χ4v) is 2.95. The van der Waals surface area contributed by atoms with Crippen LogP contribution in [0.1, 0.15) is 11.3 Å². The van der Waals surface area contributed by atoms with Gasteiger partial charge in [0.15, 0.2) is 5.16 Å². The first-order chi connectivity index (χ1) is 10.1. The summed E-state index contributed by atoms with van der Waals surface area (Å²) in [6.45, 7) is 1.62. The highest BCUT2D eigenvalue weighted by atomic mass is 32.2. The van der Waals surface area contributed by atoms with Gasteiger partial charge < -0.3 is 5.73 Å². The van der Waals surface area contributed by atoms with Crippen LogP contribution >= 0.6 is 11.8 Å². The Bertz CT molecular complexity index is 683. The Morgan fingerprint density at radius 2 is 2.05 bits per heavy atom. The van der Waals surface area contributed by atoms with Gasteiger partial charge in [0.05, 0.1) is 0 Å². The van der Waals surface area contributed by atoms with Crippen LogP contribution in [0.15, 0.2) is 46.3 Å². The Morgan fingerprint density at radius 1 is 1.33 bits per heavy atom. The molecule has 0 unspecified atom stereocenters. The minimum Gasteiger partial charge on any atom is -0.368 e. The largest absolute Gasteiger partial charge is 0.368 e. The van der Waals surface area contributed by atoms with Crippen molar-refractivity contribution >= 4 is 17.7 Å². The number of hydrogen-bond donors (Lipinski definition) is 1. The molecule has 0 bridgehead atoms. The molecule has 0 aliphatic heterocycles. The molecule has 0 atom stereocenters. The second-order valence-corrected chi connectivity index (χ2v) is 5.72. The van der Waals surface area contributed by atoms with Crippen LogP contribution in [0, 0.1) is 6.92 Å². The number of carbonyl (C=O) groups is 1. The maximum absolute atomic E-state index is 11.9. The smallest absolute Gasteiger partial charge is 0.254 e. The summed E-state index contributed by atoms with van der Waals surface area (Å²) >= 11 is 1.46. The number of amides is 1. The van der Waals surface area contributed by atoms with Crippen molar-refractivity contribution in [3.8, 4) is 0 Å². The van der Waals surface area contributed by atoms with Crippen molar-refractivity contribution in [2.45, 2.75) is 25.0 Å². The summed E-state index contributed by atoms with van der Waals surface area (Å²) < 4.78 is 1.32. The first-order valence-corrected chi connectivity index (χ1v) is 7.58. The van der Waals surface area contributed by atoms with Gasteiger partial charge >= 0.3 is 0 Å². The summed E-state index contributed by atoms with van der Waals surface area (Å²) in [5, 5.41) is 0.537. The van der Waals surface area contributed by atoms with Crippen molar-refractivity contribution in [1.29, 1.82) is 0 Å². The van der Waals surface area contributed by atoms with Crippen molar-refractivity contribution < 1.29 is 4.79 Å². The van der Waals surface area contributed by atoms with Crippen LogP contribution in [-0.4, -0.2) is 21.2 Å². The van der Waals surface area contributed by atoms with E-state index < -0.39 is 5.91 Å². The molecule has 1 aromatic carbocycles. The number of primary amides is 1. The molecule has 2 rings (SSSR count). The average molecular weight is 303 g/mol. The first-order valence-electron chi connectivity index (χ1n) is 6.60. The predicted molar refractivity (Wildman–Crippen MR) is 83.3 cm³/mol. The van der Waals surface area contributed by atoms with Crippen LogP contribution in [0.3, 0.4) is 0 Å². The second kappa shape index (κ2) is 7.08. The lowest BCUT2D eigenvalue weighted by molar-refractivity contribution is -0.118. The molecule has 110 valence electrons. The molecule has 6 heteroatoms. The molecule has 5 nitrogen and oxygen atoms in total. The quantitative estimate of drug-likeness (QED) is 0.646. The van der Waals surface area contributed by atoms with Gasteiger partial charge in [-0.3, -0.25) is 14.2 Å². The maximum Gasteiger partial charge on any atom is 0.254 e. The van der Waals surface area contributed by atoms with Crippen molar-refractivity contribution in [2.24, 2.45) is 5.73 Å². The number of aromatic nitrogens is 2. The molecule has 1 heterocycles. The van der Waals surface area contributed by atoms with Crippen LogP contribution in [-0.2, 0) is 17.8 Å². The lowest BCUT2D eigenvalue weighted by Gasteiger charge is -2.10. The van der Waals surface area contributed by atoms with Crippen molar-refractivity contribution in [1.82, 2.24) is 9.55 Å². The number of carbonyl (C=O) groups excluding carboxylic acids is 1. The zero-order chi connectivity index (χ0) is 15.2. The molecule has 0 saturated carbocycles. The van der Waals surface area contributed by atoms with E-state index in [9.17, 15) is 9.59 Å². The van der Waals surface area contributed by atoms with E-state index in [1.54, 1.807) is 6.92 Å². The van der Waals surface area contributed by atoms with E-state index in [4.69, 9.17) is 5.73 Å². The van der Waals surface area contributed by atoms with Crippen LogP contribution in [0.5, 0.6) is 0 Å². The van der Waals surface area contributed by atoms with Gasteiger partial charge in [0.1, 0.15) is 6.54 Å². The number of nitrogens with two attached hydrogens (primary N) is 1. The summed E-state index contributed by atoms with van der Waals surface area (Å²) in [7, 11) is 0. The first kappa shape index (κ1) is 15.3. The highest BCUT2D eigenvalue weighted by Gasteiger charge is 2.10. The minimum atomic E-state index is -0.548. The Hall–Kier alpha value is -2.08. The van der Waals surface area contributed by atoms with Crippen molar-refractivity contribution in [3.63, 3.8) is 0 Å². The second-order valence-electron chi connectivity index (χ2n) is 4.65. The number of aryl methyl sites for hydroxylation is 2. The molecule has 0 radical (unpaired) electrons. The van der Waals surface area contributed by atoms with Gasteiger partial charge in [0.2, 0.25) is 5.91 Å². The van der Waals surface area contributed by atoms with E-state index in [0.29, 0.717) is 10.9 Å². The molecule has 1 aromatic heterocycles. The van der Waals surface area contributed by atoms with Crippen molar-refractivity contribution in [3.05, 3.63) is 58.0 Å². The average Bonchev–Trinajstić information content (AvgIpc) is 2.43. The predicted octanol–water partition coefficient (Wildman–Crippen LogP) is 1.37. The molecule has 0 fully saturated rings. The van der Waals surface area contributed by atoms with Gasteiger partial charge in [-0.2, -0.15) is 0 Å². The van der Waals surface area contributed by atoms with Gasteiger partial charge in [-0.05, 0) is 18.9 Å². The number of thioether (sulfide) groups is 1. The molecule has 21 heavy (non-hydrogen) atoms. The summed E-state index contributed by atoms with van der Waals surface area (Å²) in [4.78, 5) is 27.3. The fourth-order valence-electron chi connectivity index (χ4n) is 1.91. The Labute approximate surface area is 127 Å². The number of benzene rings is 1. The molecule has 2 aromatic rings. The van der Waals surface area contributed by atoms with Gasteiger partial charge in [0, 0.05) is 17.5 Å². The normalized spacial score (nSPS) is 10.5. The third-order valence-electron chi connectivity index (χ3n) is 2.88. The van der Waals surface area contributed by atoms with Gasteiger partial charge in [-0.1, -0.05) is 42.1 Å². The highest BCUT2D eigenvalue weighted by Crippen LogP contribution is 2.16. The van der Waals surface area contributed by atoms with E-state index in [0.717, 1.165) is 12.2 Å². The Morgan fingerprint density at radius 3 is 2.71 bits per heavy atom. The summed E-state index contributed by atoms with van der Waals surface area (Å²) in [6, 6.07) is 11.5. The van der Waals surface area contributed by atoms with Crippen LogP contribution in [0.25, 0.3) is 0 Å². The Kier molecular flexibility index (Phi) is 5.16. The Balaban J connectivity index is 2.11. The van der Waals surface area contributed by atoms with E-state index in [1.807, 2.05) is 18.2 Å². The minimum absolute atomic E-state index is 0.139. The van der Waals surface area contributed by atoms with Crippen LogP contribution < -0.4 is 11.3 Å².